The quantitative estimate of drug-likeness (QED) is 0.942. The van der Waals surface area contributed by atoms with E-state index in [1.165, 1.54) is 0 Å². The third kappa shape index (κ3) is 3.17. The Kier molecular flexibility index (Phi) is 4.19. The zero-order valence-corrected chi connectivity index (χ0v) is 12.4. The van der Waals surface area contributed by atoms with Crippen molar-refractivity contribution in [2.75, 3.05) is 0 Å². The van der Waals surface area contributed by atoms with Crippen LogP contribution in [0.4, 0.5) is 0 Å². The van der Waals surface area contributed by atoms with Gasteiger partial charge in [0.25, 0.3) is 5.91 Å². The van der Waals surface area contributed by atoms with Crippen LogP contribution in [-0.4, -0.2) is 17.7 Å². The zero-order valence-electron chi connectivity index (χ0n) is 12.4. The topological polar surface area (TPSA) is 50.7 Å². The number of carbonyl (C=O) groups is 1. The molecule has 1 amide bonds. The molecule has 0 aromatic heterocycles. The molecule has 0 radical (unpaired) electrons. The molecule has 0 saturated carbocycles. The number of rotatable bonds is 4. The van der Waals surface area contributed by atoms with E-state index >= 15 is 0 Å². The van der Waals surface area contributed by atoms with Crippen molar-refractivity contribution in [3.63, 3.8) is 0 Å². The fourth-order valence-corrected chi connectivity index (χ4v) is 2.45. The number of hydrogen-bond acceptors (Lipinski definition) is 3. The summed E-state index contributed by atoms with van der Waals surface area (Å²) in [6, 6.07) is 19.6. The first-order valence-corrected chi connectivity index (χ1v) is 7.37. The summed E-state index contributed by atoms with van der Waals surface area (Å²) in [7, 11) is 0. The van der Waals surface area contributed by atoms with Crippen LogP contribution in [0.2, 0.25) is 0 Å². The summed E-state index contributed by atoms with van der Waals surface area (Å²) in [5.74, 6) is -0.133. The monoisotopic (exact) mass is 294 g/mol. The molecular weight excluding hydrogens is 276 g/mol. The van der Waals surface area contributed by atoms with Crippen LogP contribution in [0.15, 0.2) is 65.8 Å². The van der Waals surface area contributed by atoms with Gasteiger partial charge in [-0.2, -0.15) is 0 Å². The molecule has 112 valence electrons. The van der Waals surface area contributed by atoms with Gasteiger partial charge in [0, 0.05) is 6.42 Å². The van der Waals surface area contributed by atoms with Crippen molar-refractivity contribution in [2.45, 2.75) is 25.5 Å². The minimum absolute atomic E-state index is 0.0573. The summed E-state index contributed by atoms with van der Waals surface area (Å²) in [5.41, 5.74) is 2.88. The van der Waals surface area contributed by atoms with Crippen molar-refractivity contribution < 1.29 is 9.63 Å². The average molecular weight is 294 g/mol. The van der Waals surface area contributed by atoms with Crippen LogP contribution in [0.1, 0.15) is 30.5 Å². The van der Waals surface area contributed by atoms with Gasteiger partial charge < -0.3 is 10.2 Å². The Morgan fingerprint density at radius 3 is 2.45 bits per heavy atom. The lowest BCUT2D eigenvalue weighted by atomic mass is 10.0. The molecule has 0 bridgehead atoms. The Morgan fingerprint density at radius 1 is 1.14 bits per heavy atom. The second-order valence-corrected chi connectivity index (χ2v) is 5.34. The molecule has 4 heteroatoms. The van der Waals surface area contributed by atoms with Crippen LogP contribution in [0.3, 0.4) is 0 Å². The summed E-state index contributed by atoms with van der Waals surface area (Å²) >= 11 is 0. The van der Waals surface area contributed by atoms with Crippen molar-refractivity contribution in [1.82, 2.24) is 5.32 Å². The van der Waals surface area contributed by atoms with E-state index in [0.717, 1.165) is 16.8 Å². The standard InChI is InChI=1S/C18H18N2O2/c1-13(14-8-4-2-5-9-14)19-18(21)17-12-16(20-22-17)15-10-6-3-7-11-15/h2-11,13,17H,12H2,1H3,(H,19,21)/t13-,17-/m0/s1. The van der Waals surface area contributed by atoms with Crippen molar-refractivity contribution in [2.24, 2.45) is 5.16 Å². The van der Waals surface area contributed by atoms with E-state index in [1.54, 1.807) is 0 Å². The number of carbonyl (C=O) groups excluding carboxylic acids is 1. The predicted molar refractivity (Wildman–Crippen MR) is 85.5 cm³/mol. The molecule has 2 atom stereocenters. The zero-order chi connectivity index (χ0) is 15.4. The second kappa shape index (κ2) is 6.43. The molecule has 1 N–H and O–H groups in total. The minimum Gasteiger partial charge on any atom is -0.382 e. The normalized spacial score (nSPS) is 18.2. The van der Waals surface area contributed by atoms with Gasteiger partial charge in [-0.05, 0) is 18.1 Å². The third-order valence-electron chi connectivity index (χ3n) is 3.73. The Morgan fingerprint density at radius 2 is 1.77 bits per heavy atom. The number of nitrogens with one attached hydrogen (secondary N) is 1. The molecule has 0 spiro atoms. The number of nitrogens with zero attached hydrogens (tertiary/aromatic N) is 1. The van der Waals surface area contributed by atoms with Crippen LogP contribution in [0.25, 0.3) is 0 Å². The fourth-order valence-electron chi connectivity index (χ4n) is 2.45. The molecule has 0 unspecified atom stereocenters. The molecule has 0 fully saturated rings. The van der Waals surface area contributed by atoms with Crippen molar-refractivity contribution in [1.29, 1.82) is 0 Å². The van der Waals surface area contributed by atoms with Crippen molar-refractivity contribution >= 4 is 11.6 Å². The molecule has 3 rings (SSSR count). The average Bonchev–Trinajstić information content (AvgIpc) is 3.06. The van der Waals surface area contributed by atoms with Crippen LogP contribution in [-0.2, 0) is 9.63 Å². The van der Waals surface area contributed by atoms with E-state index in [4.69, 9.17) is 4.84 Å². The molecule has 0 saturated heterocycles. The Balaban J connectivity index is 1.59. The first-order chi connectivity index (χ1) is 10.7. The van der Waals surface area contributed by atoms with Crippen LogP contribution in [0, 0.1) is 0 Å². The van der Waals surface area contributed by atoms with E-state index in [2.05, 4.69) is 10.5 Å². The summed E-state index contributed by atoms with van der Waals surface area (Å²) in [4.78, 5) is 17.6. The number of amides is 1. The predicted octanol–water partition coefficient (Wildman–Crippen LogP) is 3.06. The maximum absolute atomic E-state index is 12.3. The number of hydrogen-bond donors (Lipinski definition) is 1. The van der Waals surface area contributed by atoms with Gasteiger partial charge in [-0.25, -0.2) is 0 Å². The van der Waals surface area contributed by atoms with Gasteiger partial charge in [0.2, 0.25) is 6.10 Å². The largest absolute Gasteiger partial charge is 0.382 e. The van der Waals surface area contributed by atoms with Crippen molar-refractivity contribution in [3.05, 3.63) is 71.8 Å². The summed E-state index contributed by atoms with van der Waals surface area (Å²) in [6.07, 6.45) is -0.0569. The van der Waals surface area contributed by atoms with E-state index in [0.29, 0.717) is 6.42 Å². The lowest BCUT2D eigenvalue weighted by molar-refractivity contribution is -0.131. The van der Waals surface area contributed by atoms with Gasteiger partial charge in [0.05, 0.1) is 11.8 Å². The number of oxime groups is 1. The smallest absolute Gasteiger partial charge is 0.264 e. The summed E-state index contributed by atoms with van der Waals surface area (Å²) < 4.78 is 0. The molecule has 2 aromatic carbocycles. The van der Waals surface area contributed by atoms with Gasteiger partial charge in [0.15, 0.2) is 0 Å². The molecule has 2 aromatic rings. The maximum atomic E-state index is 12.3. The van der Waals surface area contributed by atoms with Gasteiger partial charge in [-0.1, -0.05) is 65.8 Å². The van der Waals surface area contributed by atoms with Crippen LogP contribution < -0.4 is 5.32 Å². The SMILES string of the molecule is C[C@H](NC(=O)[C@@H]1CC(c2ccccc2)=NO1)c1ccccc1. The molecular formula is C18H18N2O2. The fraction of sp³-hybridized carbons (Fsp3) is 0.222. The van der Waals surface area contributed by atoms with Crippen LogP contribution >= 0.6 is 0 Å². The highest BCUT2D eigenvalue weighted by atomic mass is 16.6. The van der Waals surface area contributed by atoms with Gasteiger partial charge in [-0.15, -0.1) is 0 Å². The highest BCUT2D eigenvalue weighted by Crippen LogP contribution is 2.18. The molecule has 4 nitrogen and oxygen atoms in total. The Labute approximate surface area is 129 Å². The lowest BCUT2D eigenvalue weighted by Crippen LogP contribution is -2.36. The highest BCUT2D eigenvalue weighted by molar-refractivity contribution is 6.04. The van der Waals surface area contributed by atoms with Crippen molar-refractivity contribution in [3.8, 4) is 0 Å². The molecule has 1 heterocycles. The van der Waals surface area contributed by atoms with Gasteiger partial charge in [-0.3, -0.25) is 4.79 Å². The first kappa shape index (κ1) is 14.3. The van der Waals surface area contributed by atoms with E-state index in [1.807, 2.05) is 67.6 Å². The maximum Gasteiger partial charge on any atom is 0.264 e. The summed E-state index contributed by atoms with van der Waals surface area (Å²) in [6.45, 7) is 1.96. The van der Waals surface area contributed by atoms with Gasteiger partial charge in [0.1, 0.15) is 0 Å². The molecule has 1 aliphatic rings. The van der Waals surface area contributed by atoms with E-state index in [9.17, 15) is 4.79 Å². The highest BCUT2D eigenvalue weighted by Gasteiger charge is 2.29. The number of benzene rings is 2. The van der Waals surface area contributed by atoms with E-state index < -0.39 is 6.10 Å². The minimum atomic E-state index is -0.554. The molecule has 1 aliphatic heterocycles. The molecule has 22 heavy (non-hydrogen) atoms. The molecule has 0 aliphatic carbocycles. The van der Waals surface area contributed by atoms with E-state index in [-0.39, 0.29) is 11.9 Å². The Hall–Kier alpha value is -2.62. The second-order valence-electron chi connectivity index (χ2n) is 5.34. The Bertz CT molecular complexity index is 668. The van der Waals surface area contributed by atoms with Crippen LogP contribution in [0.5, 0.6) is 0 Å². The van der Waals surface area contributed by atoms with Gasteiger partial charge >= 0.3 is 0 Å². The third-order valence-corrected chi connectivity index (χ3v) is 3.73. The first-order valence-electron chi connectivity index (χ1n) is 7.37. The lowest BCUT2D eigenvalue weighted by Gasteiger charge is -2.16. The summed E-state index contributed by atoms with van der Waals surface area (Å²) in [5, 5.41) is 7.02.